The fourth-order valence-corrected chi connectivity index (χ4v) is 1.76. The Balaban J connectivity index is 2.30. The molecule has 19 heavy (non-hydrogen) atoms. The summed E-state index contributed by atoms with van der Waals surface area (Å²) in [6.45, 7) is 1.94. The van der Waals surface area contributed by atoms with Crippen molar-refractivity contribution in [1.82, 2.24) is 9.78 Å². The number of halogens is 1. The van der Waals surface area contributed by atoms with Crippen molar-refractivity contribution in [2.45, 2.75) is 13.3 Å². The molecule has 1 heterocycles. The Bertz CT molecular complexity index is 624. The number of anilines is 2. The van der Waals surface area contributed by atoms with Gasteiger partial charge < -0.3 is 5.32 Å². The van der Waals surface area contributed by atoms with Gasteiger partial charge in [-0.3, -0.25) is 14.8 Å². The predicted molar refractivity (Wildman–Crippen MR) is 68.9 cm³/mol. The smallest absolute Gasteiger partial charge is 0.272 e. The molecule has 1 N–H and O–H groups in total. The topological polar surface area (TPSA) is 73.0 Å². The zero-order chi connectivity index (χ0) is 14.0. The number of non-ortho nitro benzene ring substituents is 1. The van der Waals surface area contributed by atoms with Gasteiger partial charge in [-0.25, -0.2) is 4.39 Å². The van der Waals surface area contributed by atoms with Gasteiger partial charge in [0.15, 0.2) is 5.82 Å². The number of hydrogen-bond acceptors (Lipinski definition) is 4. The number of nitrogens with one attached hydrogen (secondary N) is 1. The molecular weight excluding hydrogens is 251 g/mol. The SMILES string of the molecule is CCc1nn(C)cc1Nc1ccc([N+](=O)[O-])cc1F. The number of nitro groups is 1. The van der Waals surface area contributed by atoms with Gasteiger partial charge in [-0.05, 0) is 12.5 Å². The van der Waals surface area contributed by atoms with E-state index >= 15 is 0 Å². The molecule has 0 spiro atoms. The standard InChI is InChI=1S/C12H13FN4O2/c1-3-10-12(7-16(2)15-10)14-11-5-4-8(17(18)19)6-9(11)13/h4-7,14H,3H2,1-2H3. The summed E-state index contributed by atoms with van der Waals surface area (Å²) >= 11 is 0. The highest BCUT2D eigenvalue weighted by Crippen LogP contribution is 2.25. The maximum atomic E-state index is 13.7. The summed E-state index contributed by atoms with van der Waals surface area (Å²) in [5.74, 6) is -0.667. The molecule has 0 amide bonds. The molecule has 2 aromatic rings. The van der Waals surface area contributed by atoms with Crippen molar-refractivity contribution in [2.24, 2.45) is 7.05 Å². The number of nitrogens with zero attached hydrogens (tertiary/aromatic N) is 3. The highest BCUT2D eigenvalue weighted by Gasteiger charge is 2.13. The van der Waals surface area contributed by atoms with Gasteiger partial charge in [0.25, 0.3) is 5.69 Å². The first-order valence-corrected chi connectivity index (χ1v) is 5.74. The number of rotatable bonds is 4. The third-order valence-electron chi connectivity index (χ3n) is 2.67. The lowest BCUT2D eigenvalue weighted by molar-refractivity contribution is -0.385. The van der Waals surface area contributed by atoms with Crippen LogP contribution in [0.5, 0.6) is 0 Å². The van der Waals surface area contributed by atoms with E-state index in [0.29, 0.717) is 12.1 Å². The summed E-state index contributed by atoms with van der Waals surface area (Å²) in [7, 11) is 1.77. The van der Waals surface area contributed by atoms with Crippen LogP contribution in [0.25, 0.3) is 0 Å². The van der Waals surface area contributed by atoms with Crippen molar-refractivity contribution >= 4 is 17.1 Å². The Morgan fingerprint density at radius 3 is 2.79 bits per heavy atom. The molecule has 6 nitrogen and oxygen atoms in total. The third kappa shape index (κ3) is 2.70. The fraction of sp³-hybridized carbons (Fsp3) is 0.250. The minimum absolute atomic E-state index is 0.188. The second kappa shape index (κ2) is 5.05. The van der Waals surface area contributed by atoms with E-state index in [9.17, 15) is 14.5 Å². The van der Waals surface area contributed by atoms with Gasteiger partial charge in [-0.2, -0.15) is 5.10 Å². The summed E-state index contributed by atoms with van der Waals surface area (Å²) in [5.41, 5.74) is 1.41. The van der Waals surface area contributed by atoms with Crippen LogP contribution in [-0.4, -0.2) is 14.7 Å². The second-order valence-corrected chi connectivity index (χ2v) is 4.06. The van der Waals surface area contributed by atoms with Gasteiger partial charge in [0.05, 0.1) is 28.1 Å². The van der Waals surface area contributed by atoms with E-state index in [-0.39, 0.29) is 11.4 Å². The summed E-state index contributed by atoms with van der Waals surface area (Å²) < 4.78 is 15.4. The first-order chi connectivity index (χ1) is 9.01. The van der Waals surface area contributed by atoms with E-state index in [1.54, 1.807) is 17.9 Å². The first kappa shape index (κ1) is 13.0. The van der Waals surface area contributed by atoms with Gasteiger partial charge in [-0.15, -0.1) is 0 Å². The van der Waals surface area contributed by atoms with Crippen LogP contribution in [0.3, 0.4) is 0 Å². The van der Waals surface area contributed by atoms with Crippen LogP contribution in [-0.2, 0) is 13.5 Å². The molecule has 0 aliphatic heterocycles. The van der Waals surface area contributed by atoms with Crippen molar-refractivity contribution in [2.75, 3.05) is 5.32 Å². The van der Waals surface area contributed by atoms with Crippen LogP contribution in [0.15, 0.2) is 24.4 Å². The molecule has 0 bridgehead atoms. The molecule has 2 rings (SSSR count). The second-order valence-electron chi connectivity index (χ2n) is 4.06. The van der Waals surface area contributed by atoms with Gasteiger partial charge >= 0.3 is 0 Å². The third-order valence-corrected chi connectivity index (χ3v) is 2.67. The summed E-state index contributed by atoms with van der Waals surface area (Å²) in [6, 6.07) is 3.50. The molecule has 0 saturated carbocycles. The number of aromatic nitrogens is 2. The molecule has 0 unspecified atom stereocenters. The Kier molecular flexibility index (Phi) is 3.46. The van der Waals surface area contributed by atoms with E-state index in [1.165, 1.54) is 12.1 Å². The molecule has 0 saturated heterocycles. The molecule has 1 aromatic heterocycles. The molecule has 0 aliphatic carbocycles. The van der Waals surface area contributed by atoms with Gasteiger partial charge in [-0.1, -0.05) is 6.92 Å². The summed E-state index contributed by atoms with van der Waals surface area (Å²) in [4.78, 5) is 9.90. The van der Waals surface area contributed by atoms with Crippen molar-refractivity contribution in [3.63, 3.8) is 0 Å². The van der Waals surface area contributed by atoms with Crippen molar-refractivity contribution < 1.29 is 9.31 Å². The number of nitro benzene ring substituents is 1. The Hall–Kier alpha value is -2.44. The van der Waals surface area contributed by atoms with E-state index in [4.69, 9.17) is 0 Å². The monoisotopic (exact) mass is 264 g/mol. The van der Waals surface area contributed by atoms with Crippen molar-refractivity contribution in [3.8, 4) is 0 Å². The minimum atomic E-state index is -0.667. The van der Waals surface area contributed by atoms with E-state index in [2.05, 4.69) is 10.4 Å². The number of aryl methyl sites for hydroxylation is 2. The normalized spacial score (nSPS) is 10.5. The Labute approximate surface area is 109 Å². The lowest BCUT2D eigenvalue weighted by Crippen LogP contribution is -1.97. The molecule has 0 radical (unpaired) electrons. The zero-order valence-corrected chi connectivity index (χ0v) is 10.6. The van der Waals surface area contributed by atoms with Crippen molar-refractivity contribution in [1.29, 1.82) is 0 Å². The van der Waals surface area contributed by atoms with Gasteiger partial charge in [0.2, 0.25) is 0 Å². The summed E-state index contributed by atoms with van der Waals surface area (Å²) in [6.07, 6.45) is 2.44. The molecule has 0 atom stereocenters. The molecule has 100 valence electrons. The van der Waals surface area contributed by atoms with Crippen LogP contribution >= 0.6 is 0 Å². The van der Waals surface area contributed by atoms with Crippen molar-refractivity contribution in [3.05, 3.63) is 46.0 Å². The number of hydrogen-bond donors (Lipinski definition) is 1. The Morgan fingerprint density at radius 2 is 2.21 bits per heavy atom. The summed E-state index contributed by atoms with van der Waals surface area (Å²) in [5, 5.41) is 17.7. The van der Waals surface area contributed by atoms with E-state index in [1.807, 2.05) is 6.92 Å². The first-order valence-electron chi connectivity index (χ1n) is 5.74. The maximum absolute atomic E-state index is 13.7. The van der Waals surface area contributed by atoms with Crippen LogP contribution in [0, 0.1) is 15.9 Å². The zero-order valence-electron chi connectivity index (χ0n) is 10.6. The predicted octanol–water partition coefficient (Wildman–Crippen LogP) is 2.77. The average Bonchev–Trinajstić information content (AvgIpc) is 2.71. The maximum Gasteiger partial charge on any atom is 0.272 e. The fourth-order valence-electron chi connectivity index (χ4n) is 1.76. The highest BCUT2D eigenvalue weighted by molar-refractivity contribution is 5.63. The molecule has 7 heteroatoms. The highest BCUT2D eigenvalue weighted by atomic mass is 19.1. The minimum Gasteiger partial charge on any atom is -0.350 e. The van der Waals surface area contributed by atoms with Gasteiger partial charge in [0.1, 0.15) is 0 Å². The van der Waals surface area contributed by atoms with Crippen LogP contribution in [0.1, 0.15) is 12.6 Å². The number of benzene rings is 1. The largest absolute Gasteiger partial charge is 0.350 e. The molecule has 0 aliphatic rings. The van der Waals surface area contributed by atoms with Crippen LogP contribution in [0.2, 0.25) is 0 Å². The quantitative estimate of drug-likeness (QED) is 0.680. The molecular formula is C12H13FN4O2. The Morgan fingerprint density at radius 1 is 1.47 bits per heavy atom. The lowest BCUT2D eigenvalue weighted by Gasteiger charge is -2.06. The lowest BCUT2D eigenvalue weighted by atomic mass is 10.2. The van der Waals surface area contributed by atoms with Crippen LogP contribution in [0.4, 0.5) is 21.5 Å². The average molecular weight is 264 g/mol. The van der Waals surface area contributed by atoms with E-state index < -0.39 is 10.7 Å². The molecule has 1 aromatic carbocycles. The van der Waals surface area contributed by atoms with Gasteiger partial charge in [0, 0.05) is 19.3 Å². The molecule has 0 fully saturated rings. The van der Waals surface area contributed by atoms with Crippen LogP contribution < -0.4 is 5.32 Å². The van der Waals surface area contributed by atoms with E-state index in [0.717, 1.165) is 11.8 Å².